The van der Waals surface area contributed by atoms with E-state index in [9.17, 15) is 4.79 Å². The second-order valence-electron chi connectivity index (χ2n) is 4.61. The van der Waals surface area contributed by atoms with Gasteiger partial charge in [-0.05, 0) is 19.1 Å². The summed E-state index contributed by atoms with van der Waals surface area (Å²) in [7, 11) is 0. The predicted octanol–water partition coefficient (Wildman–Crippen LogP) is 1.92. The largest absolute Gasteiger partial charge is 0.330 e. The molecule has 0 fully saturated rings. The molecule has 0 saturated carbocycles. The molecule has 0 spiro atoms. The Kier molecular flexibility index (Phi) is 6.33. The molecular formula is C14H20ClN5O. The zero-order valence-electron chi connectivity index (χ0n) is 12.1. The molecule has 114 valence electrons. The molecule has 0 aliphatic heterocycles. The van der Waals surface area contributed by atoms with Crippen molar-refractivity contribution in [3.8, 4) is 11.4 Å². The van der Waals surface area contributed by atoms with Crippen LogP contribution in [-0.2, 0) is 11.3 Å². The van der Waals surface area contributed by atoms with Crippen molar-refractivity contribution in [1.82, 2.24) is 14.8 Å². The van der Waals surface area contributed by atoms with E-state index in [-0.39, 0.29) is 24.2 Å². The lowest BCUT2D eigenvalue weighted by Gasteiger charge is -2.13. The molecule has 3 N–H and O–H groups in total. The molecular weight excluding hydrogens is 290 g/mol. The molecule has 2 aromatic rings. The average Bonchev–Trinajstić information content (AvgIpc) is 2.95. The molecule has 1 amide bonds. The highest BCUT2D eigenvalue weighted by molar-refractivity contribution is 5.96. The Morgan fingerprint density at radius 3 is 2.81 bits per heavy atom. The third kappa shape index (κ3) is 3.80. The summed E-state index contributed by atoms with van der Waals surface area (Å²) in [6.07, 6.45) is 1.68. The first-order valence-electron chi connectivity index (χ1n) is 6.65. The summed E-state index contributed by atoms with van der Waals surface area (Å²) in [6.45, 7) is 4.90. The third-order valence-electron chi connectivity index (χ3n) is 3.18. The van der Waals surface area contributed by atoms with Gasteiger partial charge in [0.1, 0.15) is 6.33 Å². The summed E-state index contributed by atoms with van der Waals surface area (Å²) in [6, 6.07) is 7.55. The number of benzene rings is 1. The average molecular weight is 310 g/mol. The molecule has 6 nitrogen and oxygen atoms in total. The molecule has 0 radical (unpaired) electrons. The summed E-state index contributed by atoms with van der Waals surface area (Å²) in [5.74, 6) is 0.415. The number of amides is 1. The maximum absolute atomic E-state index is 12.0. The van der Waals surface area contributed by atoms with Gasteiger partial charge in [-0.15, -0.1) is 22.6 Å². The van der Waals surface area contributed by atoms with Crippen LogP contribution in [0.15, 0.2) is 30.6 Å². The Labute approximate surface area is 130 Å². The maximum atomic E-state index is 12.0. The number of aromatic nitrogens is 3. The number of nitrogens with zero attached hydrogens (tertiary/aromatic N) is 3. The number of carbonyl (C=O) groups excluding carboxylic acids is 1. The zero-order valence-corrected chi connectivity index (χ0v) is 12.9. The van der Waals surface area contributed by atoms with Gasteiger partial charge in [-0.3, -0.25) is 4.79 Å². The second-order valence-corrected chi connectivity index (χ2v) is 4.61. The number of nitrogens with one attached hydrogen (secondary N) is 1. The van der Waals surface area contributed by atoms with E-state index in [2.05, 4.69) is 15.5 Å². The molecule has 7 heteroatoms. The van der Waals surface area contributed by atoms with Gasteiger partial charge in [0, 0.05) is 24.6 Å². The number of hydrogen-bond donors (Lipinski definition) is 2. The van der Waals surface area contributed by atoms with E-state index in [0.717, 1.165) is 23.6 Å². The van der Waals surface area contributed by atoms with E-state index < -0.39 is 0 Å². The van der Waals surface area contributed by atoms with Crippen LogP contribution in [0.2, 0.25) is 0 Å². The highest BCUT2D eigenvalue weighted by atomic mass is 35.5. The minimum atomic E-state index is -0.230. The normalized spacial score (nSPS) is 11.6. The summed E-state index contributed by atoms with van der Waals surface area (Å²) in [5.41, 5.74) is 7.09. The van der Waals surface area contributed by atoms with Crippen molar-refractivity contribution in [3.63, 3.8) is 0 Å². The van der Waals surface area contributed by atoms with Gasteiger partial charge < -0.3 is 15.6 Å². The van der Waals surface area contributed by atoms with E-state index in [1.54, 1.807) is 13.3 Å². The number of nitrogens with two attached hydrogens (primary N) is 1. The van der Waals surface area contributed by atoms with E-state index >= 15 is 0 Å². The Bertz CT molecular complexity index is 599. The van der Waals surface area contributed by atoms with Gasteiger partial charge in [-0.1, -0.05) is 19.1 Å². The lowest BCUT2D eigenvalue weighted by Crippen LogP contribution is -2.26. The quantitative estimate of drug-likeness (QED) is 0.883. The Morgan fingerprint density at radius 2 is 2.14 bits per heavy atom. The van der Waals surface area contributed by atoms with Gasteiger partial charge in [0.25, 0.3) is 0 Å². The van der Waals surface area contributed by atoms with Crippen LogP contribution in [0.4, 0.5) is 5.69 Å². The molecule has 1 unspecified atom stereocenters. The first-order chi connectivity index (χ1) is 9.67. The highest BCUT2D eigenvalue weighted by Gasteiger charge is 2.15. The number of halogens is 1. The molecule has 2 rings (SSSR count). The van der Waals surface area contributed by atoms with Crippen LogP contribution in [0.1, 0.15) is 13.8 Å². The van der Waals surface area contributed by atoms with E-state index in [0.29, 0.717) is 6.54 Å². The SMILES string of the molecule is CCn1cnnc1-c1ccccc1NC(=O)C(C)CN.Cl. The van der Waals surface area contributed by atoms with Crippen molar-refractivity contribution in [1.29, 1.82) is 0 Å². The molecule has 0 aliphatic rings. The number of para-hydroxylation sites is 1. The summed E-state index contributed by atoms with van der Waals surface area (Å²) in [4.78, 5) is 12.0. The van der Waals surface area contributed by atoms with Crippen LogP contribution < -0.4 is 11.1 Å². The van der Waals surface area contributed by atoms with E-state index in [1.807, 2.05) is 35.8 Å². The molecule has 0 saturated heterocycles. The van der Waals surface area contributed by atoms with Crippen molar-refractivity contribution in [2.75, 3.05) is 11.9 Å². The molecule has 0 bridgehead atoms. The lowest BCUT2D eigenvalue weighted by atomic mass is 10.1. The van der Waals surface area contributed by atoms with E-state index in [4.69, 9.17) is 5.73 Å². The van der Waals surface area contributed by atoms with Crippen molar-refractivity contribution in [3.05, 3.63) is 30.6 Å². The Balaban J connectivity index is 0.00000220. The molecule has 0 aliphatic carbocycles. The van der Waals surface area contributed by atoms with Crippen molar-refractivity contribution in [2.24, 2.45) is 11.7 Å². The van der Waals surface area contributed by atoms with Crippen molar-refractivity contribution in [2.45, 2.75) is 20.4 Å². The van der Waals surface area contributed by atoms with Crippen LogP contribution in [0, 0.1) is 5.92 Å². The smallest absolute Gasteiger partial charge is 0.228 e. The van der Waals surface area contributed by atoms with Gasteiger partial charge in [0.05, 0.1) is 5.69 Å². The number of anilines is 1. The minimum Gasteiger partial charge on any atom is -0.330 e. The van der Waals surface area contributed by atoms with Crippen LogP contribution in [-0.4, -0.2) is 27.2 Å². The van der Waals surface area contributed by atoms with Crippen LogP contribution in [0.3, 0.4) is 0 Å². The monoisotopic (exact) mass is 309 g/mol. The molecule has 1 aromatic carbocycles. The first kappa shape index (κ1) is 17.1. The maximum Gasteiger partial charge on any atom is 0.228 e. The van der Waals surface area contributed by atoms with Gasteiger partial charge >= 0.3 is 0 Å². The third-order valence-corrected chi connectivity index (χ3v) is 3.18. The molecule has 21 heavy (non-hydrogen) atoms. The second kappa shape index (κ2) is 7.75. The number of hydrogen-bond acceptors (Lipinski definition) is 4. The predicted molar refractivity (Wildman–Crippen MR) is 85.2 cm³/mol. The number of rotatable bonds is 5. The summed E-state index contributed by atoms with van der Waals surface area (Å²) < 4.78 is 1.93. The van der Waals surface area contributed by atoms with Gasteiger partial charge in [-0.25, -0.2) is 0 Å². The Hall–Kier alpha value is -1.92. The van der Waals surface area contributed by atoms with Crippen LogP contribution in [0.5, 0.6) is 0 Å². The lowest BCUT2D eigenvalue weighted by molar-refractivity contribution is -0.119. The number of aryl methyl sites for hydroxylation is 1. The van der Waals surface area contributed by atoms with E-state index in [1.165, 1.54) is 0 Å². The van der Waals surface area contributed by atoms with Crippen LogP contribution >= 0.6 is 12.4 Å². The summed E-state index contributed by atoms with van der Waals surface area (Å²) in [5, 5.41) is 10.9. The van der Waals surface area contributed by atoms with Gasteiger partial charge in [0.2, 0.25) is 5.91 Å². The fraction of sp³-hybridized carbons (Fsp3) is 0.357. The standard InChI is InChI=1S/C14H19N5O.ClH/c1-3-19-9-16-18-13(19)11-6-4-5-7-12(11)17-14(20)10(2)8-15;/h4-7,9-10H,3,8,15H2,1-2H3,(H,17,20);1H. The topological polar surface area (TPSA) is 85.8 Å². The molecule has 1 heterocycles. The molecule has 1 atom stereocenters. The van der Waals surface area contributed by atoms with Crippen molar-refractivity contribution >= 4 is 24.0 Å². The first-order valence-corrected chi connectivity index (χ1v) is 6.65. The zero-order chi connectivity index (χ0) is 14.5. The number of carbonyl (C=O) groups is 1. The fourth-order valence-corrected chi connectivity index (χ4v) is 1.85. The highest BCUT2D eigenvalue weighted by Crippen LogP contribution is 2.26. The van der Waals surface area contributed by atoms with Crippen LogP contribution in [0.25, 0.3) is 11.4 Å². The fourth-order valence-electron chi connectivity index (χ4n) is 1.85. The van der Waals surface area contributed by atoms with Crippen molar-refractivity contribution < 1.29 is 4.79 Å². The van der Waals surface area contributed by atoms with Gasteiger partial charge in [0.15, 0.2) is 5.82 Å². The summed E-state index contributed by atoms with van der Waals surface area (Å²) >= 11 is 0. The molecule has 1 aromatic heterocycles. The van der Waals surface area contributed by atoms with Gasteiger partial charge in [-0.2, -0.15) is 0 Å². The Morgan fingerprint density at radius 1 is 1.43 bits per heavy atom. The minimum absolute atomic E-state index is 0.